The number of nitrogens with zero attached hydrogens (tertiary/aromatic N) is 1. The Balaban J connectivity index is 1.75. The number of furan rings is 1. The van der Waals surface area contributed by atoms with Crippen LogP contribution in [0.5, 0.6) is 0 Å². The van der Waals surface area contributed by atoms with Crippen molar-refractivity contribution in [3.05, 3.63) is 59.3 Å². The number of carbonyl (C=O) groups is 1. The van der Waals surface area contributed by atoms with Crippen LogP contribution in [0.15, 0.2) is 34.9 Å². The molecule has 0 radical (unpaired) electrons. The van der Waals surface area contributed by atoms with E-state index in [9.17, 15) is 18.0 Å². The van der Waals surface area contributed by atoms with Gasteiger partial charge in [0, 0.05) is 18.8 Å². The number of rotatable bonds is 2. The zero-order chi connectivity index (χ0) is 16.4. The summed E-state index contributed by atoms with van der Waals surface area (Å²) in [7, 11) is 0. The highest BCUT2D eigenvalue weighted by molar-refractivity contribution is 7.99. The van der Waals surface area contributed by atoms with Crippen LogP contribution >= 0.6 is 11.8 Å². The molecule has 0 saturated carbocycles. The van der Waals surface area contributed by atoms with Gasteiger partial charge >= 0.3 is 0 Å². The van der Waals surface area contributed by atoms with Crippen molar-refractivity contribution in [3.8, 4) is 0 Å². The summed E-state index contributed by atoms with van der Waals surface area (Å²) in [6, 6.07) is 5.44. The zero-order valence-corrected chi connectivity index (χ0v) is 12.9. The Bertz CT molecular complexity index is 706. The lowest BCUT2D eigenvalue weighted by molar-refractivity contribution is 0.0760. The maximum atomic E-state index is 13.8. The van der Waals surface area contributed by atoms with E-state index in [2.05, 4.69) is 0 Å². The molecule has 1 atom stereocenters. The first kappa shape index (κ1) is 16.0. The van der Waals surface area contributed by atoms with Gasteiger partial charge in [0.25, 0.3) is 5.91 Å². The number of halogens is 3. The summed E-state index contributed by atoms with van der Waals surface area (Å²) in [4.78, 5) is 13.9. The SMILES string of the molecule is O=C(c1ccc(F)c(F)c1F)N1CCS[C@@H](c2ccco2)CC1. The van der Waals surface area contributed by atoms with Crippen molar-refractivity contribution in [3.63, 3.8) is 0 Å². The number of benzene rings is 1. The van der Waals surface area contributed by atoms with Gasteiger partial charge in [-0.2, -0.15) is 0 Å². The van der Waals surface area contributed by atoms with Crippen molar-refractivity contribution < 1.29 is 22.4 Å². The molecule has 1 aromatic heterocycles. The average molecular weight is 341 g/mol. The van der Waals surface area contributed by atoms with Crippen LogP contribution in [0.1, 0.15) is 27.8 Å². The number of carbonyl (C=O) groups excluding carboxylic acids is 1. The second kappa shape index (κ2) is 6.70. The van der Waals surface area contributed by atoms with E-state index in [0.717, 1.165) is 17.9 Å². The van der Waals surface area contributed by atoms with Crippen LogP contribution in [0.2, 0.25) is 0 Å². The van der Waals surface area contributed by atoms with Crippen molar-refractivity contribution in [1.82, 2.24) is 4.90 Å². The van der Waals surface area contributed by atoms with E-state index >= 15 is 0 Å². The van der Waals surface area contributed by atoms with Crippen molar-refractivity contribution >= 4 is 17.7 Å². The Morgan fingerprint density at radius 3 is 2.74 bits per heavy atom. The van der Waals surface area contributed by atoms with Crippen molar-refractivity contribution in [2.45, 2.75) is 11.7 Å². The summed E-state index contributed by atoms with van der Waals surface area (Å²) in [5.74, 6) is -3.49. The van der Waals surface area contributed by atoms with Gasteiger partial charge in [0.05, 0.1) is 17.1 Å². The number of thioether (sulfide) groups is 1. The number of amides is 1. The second-order valence-electron chi connectivity index (χ2n) is 5.18. The van der Waals surface area contributed by atoms with Crippen molar-refractivity contribution in [2.75, 3.05) is 18.8 Å². The van der Waals surface area contributed by atoms with E-state index in [-0.39, 0.29) is 5.25 Å². The molecule has 2 aromatic rings. The first-order chi connectivity index (χ1) is 11.1. The zero-order valence-electron chi connectivity index (χ0n) is 12.1. The molecule has 0 unspecified atom stereocenters. The lowest BCUT2D eigenvalue weighted by Crippen LogP contribution is -2.33. The lowest BCUT2D eigenvalue weighted by Gasteiger charge is -2.20. The summed E-state index contributed by atoms with van der Waals surface area (Å²) in [5.41, 5.74) is -0.439. The van der Waals surface area contributed by atoms with Gasteiger partial charge < -0.3 is 9.32 Å². The fourth-order valence-electron chi connectivity index (χ4n) is 2.54. The molecule has 7 heteroatoms. The number of hydrogen-bond donors (Lipinski definition) is 0. The van der Waals surface area contributed by atoms with Gasteiger partial charge in [0.15, 0.2) is 17.5 Å². The Labute approximate surface area is 135 Å². The van der Waals surface area contributed by atoms with Crippen LogP contribution in [0.4, 0.5) is 13.2 Å². The Kier molecular flexibility index (Phi) is 4.66. The quantitative estimate of drug-likeness (QED) is 0.774. The van der Waals surface area contributed by atoms with Gasteiger partial charge in [0.2, 0.25) is 0 Å². The summed E-state index contributed by atoms with van der Waals surface area (Å²) in [5, 5.41) is 0.123. The molecular weight excluding hydrogens is 327 g/mol. The van der Waals surface area contributed by atoms with Gasteiger partial charge in [-0.1, -0.05) is 0 Å². The summed E-state index contributed by atoms with van der Waals surface area (Å²) < 4.78 is 45.5. The van der Waals surface area contributed by atoms with Crippen LogP contribution in [0.25, 0.3) is 0 Å². The molecule has 0 bridgehead atoms. The first-order valence-corrected chi connectivity index (χ1v) is 8.20. The largest absolute Gasteiger partial charge is 0.468 e. The molecule has 0 N–H and O–H groups in total. The summed E-state index contributed by atoms with van der Waals surface area (Å²) in [6.07, 6.45) is 2.25. The summed E-state index contributed by atoms with van der Waals surface area (Å²) >= 11 is 1.65. The van der Waals surface area contributed by atoms with E-state index in [0.29, 0.717) is 25.3 Å². The normalized spacial score (nSPS) is 18.7. The lowest BCUT2D eigenvalue weighted by atomic mass is 10.1. The van der Waals surface area contributed by atoms with E-state index in [4.69, 9.17) is 4.42 Å². The van der Waals surface area contributed by atoms with E-state index < -0.39 is 28.9 Å². The minimum absolute atomic E-state index is 0.123. The molecule has 1 aliphatic rings. The number of hydrogen-bond acceptors (Lipinski definition) is 3. The maximum Gasteiger partial charge on any atom is 0.256 e. The fourth-order valence-corrected chi connectivity index (χ4v) is 3.72. The minimum Gasteiger partial charge on any atom is -0.468 e. The van der Waals surface area contributed by atoms with Gasteiger partial charge in [0.1, 0.15) is 5.76 Å². The Morgan fingerprint density at radius 2 is 2.00 bits per heavy atom. The molecular formula is C16H14F3NO2S. The van der Waals surface area contributed by atoms with Crippen molar-refractivity contribution in [1.29, 1.82) is 0 Å². The van der Waals surface area contributed by atoms with Crippen LogP contribution < -0.4 is 0 Å². The molecule has 1 amide bonds. The molecule has 1 saturated heterocycles. The molecule has 1 aromatic carbocycles. The van der Waals surface area contributed by atoms with Gasteiger partial charge in [-0.05, 0) is 30.7 Å². The predicted molar refractivity (Wildman–Crippen MR) is 80.7 cm³/mol. The van der Waals surface area contributed by atoms with Gasteiger partial charge in [-0.25, -0.2) is 13.2 Å². The standard InChI is InChI=1S/C16H14F3NO2S/c17-11-4-3-10(14(18)15(11)19)16(21)20-6-5-13(23-9-7-20)12-2-1-8-22-12/h1-4,8,13H,5-7,9H2/t13-/m1/s1. The highest BCUT2D eigenvalue weighted by Crippen LogP contribution is 2.34. The molecule has 0 aliphatic carbocycles. The minimum atomic E-state index is -1.62. The van der Waals surface area contributed by atoms with Crippen LogP contribution in [-0.2, 0) is 0 Å². The van der Waals surface area contributed by atoms with E-state index in [1.807, 2.05) is 6.07 Å². The van der Waals surface area contributed by atoms with Crippen LogP contribution in [0, 0.1) is 17.5 Å². The third-order valence-corrected chi connectivity index (χ3v) is 5.04. The first-order valence-electron chi connectivity index (χ1n) is 7.15. The molecule has 122 valence electrons. The highest BCUT2D eigenvalue weighted by atomic mass is 32.2. The van der Waals surface area contributed by atoms with E-state index in [1.54, 1.807) is 24.1 Å². The average Bonchev–Trinajstić information content (AvgIpc) is 2.97. The molecule has 3 nitrogen and oxygen atoms in total. The molecule has 1 aliphatic heterocycles. The van der Waals surface area contributed by atoms with E-state index in [1.165, 1.54) is 4.90 Å². The van der Waals surface area contributed by atoms with Gasteiger partial charge in [-0.3, -0.25) is 4.79 Å². The maximum absolute atomic E-state index is 13.8. The third kappa shape index (κ3) is 3.24. The smallest absolute Gasteiger partial charge is 0.256 e. The molecule has 23 heavy (non-hydrogen) atoms. The summed E-state index contributed by atoms with van der Waals surface area (Å²) in [6.45, 7) is 0.814. The van der Waals surface area contributed by atoms with Crippen molar-refractivity contribution in [2.24, 2.45) is 0 Å². The molecule has 0 spiro atoms. The predicted octanol–water partition coefficient (Wildman–Crippen LogP) is 4.02. The van der Waals surface area contributed by atoms with Crippen LogP contribution in [-0.4, -0.2) is 29.6 Å². The monoisotopic (exact) mass is 341 g/mol. The highest BCUT2D eigenvalue weighted by Gasteiger charge is 2.27. The molecule has 3 rings (SSSR count). The third-order valence-electron chi connectivity index (χ3n) is 3.75. The molecule has 1 fully saturated rings. The second-order valence-corrected chi connectivity index (χ2v) is 6.49. The Hall–Kier alpha value is -1.89. The fraction of sp³-hybridized carbons (Fsp3) is 0.312. The van der Waals surface area contributed by atoms with Gasteiger partial charge in [-0.15, -0.1) is 11.8 Å². The molecule has 2 heterocycles. The van der Waals surface area contributed by atoms with Crippen LogP contribution in [0.3, 0.4) is 0 Å². The Morgan fingerprint density at radius 1 is 1.17 bits per heavy atom. The topological polar surface area (TPSA) is 33.5 Å².